The first-order valence-electron chi connectivity index (χ1n) is 11.1. The zero-order valence-corrected chi connectivity index (χ0v) is 18.3. The molecule has 3 nitrogen and oxygen atoms in total. The molecule has 1 aliphatic carbocycles. The summed E-state index contributed by atoms with van der Waals surface area (Å²) in [5, 5.41) is 11.3. The number of hydrogen-bond acceptors (Lipinski definition) is 3. The summed E-state index contributed by atoms with van der Waals surface area (Å²) < 4.78 is 11.5. The van der Waals surface area contributed by atoms with Crippen molar-refractivity contribution in [3.05, 3.63) is 95.6 Å². The molecule has 3 aromatic carbocycles. The lowest BCUT2D eigenvalue weighted by Crippen LogP contribution is -2.07. The molecule has 0 fully saturated rings. The maximum absolute atomic E-state index is 11.3. The fourth-order valence-corrected chi connectivity index (χ4v) is 4.41. The van der Waals surface area contributed by atoms with Gasteiger partial charge in [0.05, 0.1) is 19.8 Å². The third kappa shape index (κ3) is 4.52. The largest absolute Gasteiger partial charge is 0.497 e. The molecule has 1 aliphatic rings. The van der Waals surface area contributed by atoms with Crippen molar-refractivity contribution in [2.75, 3.05) is 13.7 Å². The van der Waals surface area contributed by atoms with Crippen LogP contribution in [0.3, 0.4) is 0 Å². The van der Waals surface area contributed by atoms with E-state index < -0.39 is 6.10 Å². The van der Waals surface area contributed by atoms with Gasteiger partial charge < -0.3 is 14.6 Å². The molecule has 160 valence electrons. The fraction of sp³-hybridized carbons (Fsp3) is 0.286. The summed E-state index contributed by atoms with van der Waals surface area (Å²) in [5.41, 5.74) is 5.42. The van der Waals surface area contributed by atoms with E-state index in [1.54, 1.807) is 7.11 Å². The van der Waals surface area contributed by atoms with Gasteiger partial charge in [0.1, 0.15) is 11.5 Å². The molecule has 0 saturated heterocycles. The van der Waals surface area contributed by atoms with Crippen molar-refractivity contribution >= 4 is 11.1 Å². The minimum atomic E-state index is -0.557. The summed E-state index contributed by atoms with van der Waals surface area (Å²) >= 11 is 0. The maximum Gasteiger partial charge on any atom is 0.126 e. The lowest BCUT2D eigenvalue weighted by atomic mass is 9.87. The highest BCUT2D eigenvalue weighted by Crippen LogP contribution is 2.50. The molecule has 3 aromatic rings. The number of unbranched alkanes of at least 4 members (excludes halogenated alkanes) is 1. The number of hydrogen-bond donors (Lipinski definition) is 1. The third-order valence-electron chi connectivity index (χ3n) is 5.97. The molecule has 0 unspecified atom stereocenters. The van der Waals surface area contributed by atoms with Crippen molar-refractivity contribution in [3.63, 3.8) is 0 Å². The van der Waals surface area contributed by atoms with Crippen LogP contribution >= 0.6 is 0 Å². The highest BCUT2D eigenvalue weighted by molar-refractivity contribution is 5.99. The summed E-state index contributed by atoms with van der Waals surface area (Å²) in [7, 11) is 1.68. The average molecular weight is 415 g/mol. The van der Waals surface area contributed by atoms with Crippen LogP contribution in [0, 0.1) is 0 Å². The molecule has 4 rings (SSSR count). The Hall–Kier alpha value is -3.04. The van der Waals surface area contributed by atoms with Crippen LogP contribution < -0.4 is 9.47 Å². The number of allylic oxidation sites excluding steroid dienone is 1. The molecule has 0 spiro atoms. The molecule has 2 atom stereocenters. The Morgan fingerprint density at radius 3 is 2.29 bits per heavy atom. The van der Waals surface area contributed by atoms with Crippen molar-refractivity contribution in [3.8, 4) is 11.5 Å². The van der Waals surface area contributed by atoms with E-state index in [0.717, 1.165) is 46.6 Å². The fourth-order valence-electron chi connectivity index (χ4n) is 4.41. The highest BCUT2D eigenvalue weighted by atomic mass is 16.5. The number of para-hydroxylation sites is 1. The Morgan fingerprint density at radius 2 is 1.58 bits per heavy atom. The SMILES string of the molecule is CCCCOc1ccccc1C1=C(c2ccc(OC)cc2)[C@H](c2ccccc2)C[C@H]1O. The van der Waals surface area contributed by atoms with Gasteiger partial charge >= 0.3 is 0 Å². The topological polar surface area (TPSA) is 38.7 Å². The van der Waals surface area contributed by atoms with Crippen LogP contribution in [0.25, 0.3) is 11.1 Å². The Kier molecular flexibility index (Phi) is 6.73. The molecule has 0 bridgehead atoms. The molecular formula is C28H30O3. The maximum atomic E-state index is 11.3. The van der Waals surface area contributed by atoms with Gasteiger partial charge in [0.25, 0.3) is 0 Å². The Morgan fingerprint density at radius 1 is 0.871 bits per heavy atom. The monoisotopic (exact) mass is 414 g/mol. The molecule has 0 aliphatic heterocycles. The number of benzene rings is 3. The van der Waals surface area contributed by atoms with Crippen LogP contribution in [-0.4, -0.2) is 24.9 Å². The van der Waals surface area contributed by atoms with Crippen LogP contribution in [0.1, 0.15) is 48.8 Å². The number of ether oxygens (including phenoxy) is 2. The summed E-state index contributed by atoms with van der Waals surface area (Å²) in [6, 6.07) is 26.7. The van der Waals surface area contributed by atoms with Gasteiger partial charge in [-0.05, 0) is 53.3 Å². The quantitative estimate of drug-likeness (QED) is 0.438. The van der Waals surface area contributed by atoms with Gasteiger partial charge in [-0.3, -0.25) is 0 Å². The van der Waals surface area contributed by atoms with Gasteiger partial charge in [0.2, 0.25) is 0 Å². The highest BCUT2D eigenvalue weighted by Gasteiger charge is 2.36. The summed E-state index contributed by atoms with van der Waals surface area (Å²) in [4.78, 5) is 0. The molecule has 3 heteroatoms. The van der Waals surface area contributed by atoms with Crippen LogP contribution in [-0.2, 0) is 0 Å². The minimum absolute atomic E-state index is 0.114. The minimum Gasteiger partial charge on any atom is -0.497 e. The molecule has 0 aromatic heterocycles. The van der Waals surface area contributed by atoms with E-state index in [1.165, 1.54) is 5.56 Å². The lowest BCUT2D eigenvalue weighted by molar-refractivity contribution is 0.225. The second kappa shape index (κ2) is 9.84. The molecule has 0 heterocycles. The molecular weight excluding hydrogens is 384 g/mol. The van der Waals surface area contributed by atoms with Crippen LogP contribution in [0.4, 0.5) is 0 Å². The van der Waals surface area contributed by atoms with Gasteiger partial charge in [0, 0.05) is 11.5 Å². The first-order valence-corrected chi connectivity index (χ1v) is 11.1. The smallest absolute Gasteiger partial charge is 0.126 e. The molecule has 0 amide bonds. The number of aliphatic hydroxyl groups excluding tert-OH is 1. The summed E-state index contributed by atoms with van der Waals surface area (Å²) in [6.45, 7) is 2.83. The predicted molar refractivity (Wildman–Crippen MR) is 126 cm³/mol. The Labute approximate surface area is 185 Å². The lowest BCUT2D eigenvalue weighted by Gasteiger charge is -2.19. The molecule has 0 saturated carbocycles. The van der Waals surface area contributed by atoms with Crippen LogP contribution in [0.5, 0.6) is 11.5 Å². The second-order valence-corrected chi connectivity index (χ2v) is 7.97. The van der Waals surface area contributed by atoms with Crippen molar-refractivity contribution in [1.29, 1.82) is 0 Å². The molecule has 0 radical (unpaired) electrons. The van der Waals surface area contributed by atoms with Gasteiger partial charge in [-0.1, -0.05) is 74.0 Å². The van der Waals surface area contributed by atoms with E-state index in [1.807, 2.05) is 36.4 Å². The summed E-state index contributed by atoms with van der Waals surface area (Å²) in [5.74, 6) is 1.78. The Balaban J connectivity index is 1.86. The zero-order chi connectivity index (χ0) is 21.6. The van der Waals surface area contributed by atoms with Gasteiger partial charge in [-0.2, -0.15) is 0 Å². The van der Waals surface area contributed by atoms with Crippen LogP contribution in [0.2, 0.25) is 0 Å². The summed E-state index contributed by atoms with van der Waals surface area (Å²) in [6.07, 6.45) is 2.19. The first kappa shape index (κ1) is 21.2. The van der Waals surface area contributed by atoms with Crippen molar-refractivity contribution in [2.24, 2.45) is 0 Å². The van der Waals surface area contributed by atoms with Crippen LogP contribution in [0.15, 0.2) is 78.9 Å². The third-order valence-corrected chi connectivity index (χ3v) is 5.97. The number of rotatable bonds is 8. The van der Waals surface area contributed by atoms with E-state index in [4.69, 9.17) is 9.47 Å². The molecule has 31 heavy (non-hydrogen) atoms. The van der Waals surface area contributed by atoms with Crippen molar-refractivity contribution < 1.29 is 14.6 Å². The van der Waals surface area contributed by atoms with E-state index in [9.17, 15) is 5.11 Å². The number of methoxy groups -OCH3 is 1. The normalized spacial score (nSPS) is 18.3. The van der Waals surface area contributed by atoms with Crippen molar-refractivity contribution in [1.82, 2.24) is 0 Å². The van der Waals surface area contributed by atoms with Gasteiger partial charge in [-0.25, -0.2) is 0 Å². The van der Waals surface area contributed by atoms with Gasteiger partial charge in [-0.15, -0.1) is 0 Å². The Bertz CT molecular complexity index is 1020. The second-order valence-electron chi connectivity index (χ2n) is 7.97. The van der Waals surface area contributed by atoms with E-state index in [2.05, 4.69) is 49.4 Å². The standard InChI is InChI=1S/C28H30O3/c1-3-4-18-31-26-13-9-8-12-23(26)28-25(29)19-24(20-10-6-5-7-11-20)27(28)21-14-16-22(30-2)17-15-21/h5-17,24-25,29H,3-4,18-19H2,1-2H3/t24-,25+/m0/s1. The molecule has 1 N–H and O–H groups in total. The van der Waals surface area contributed by atoms with E-state index in [0.29, 0.717) is 13.0 Å². The predicted octanol–water partition coefficient (Wildman–Crippen LogP) is 6.33. The van der Waals surface area contributed by atoms with E-state index in [-0.39, 0.29) is 5.92 Å². The van der Waals surface area contributed by atoms with Gasteiger partial charge in [0.15, 0.2) is 0 Å². The van der Waals surface area contributed by atoms with E-state index >= 15 is 0 Å². The van der Waals surface area contributed by atoms with Crippen molar-refractivity contribution in [2.45, 2.75) is 38.2 Å². The number of aliphatic hydroxyl groups is 1. The first-order chi connectivity index (χ1) is 15.2. The zero-order valence-electron chi connectivity index (χ0n) is 18.3. The average Bonchev–Trinajstić information content (AvgIpc) is 3.17.